The number of carbonyl (C=O) groups excluding carboxylic acids is 1. The van der Waals surface area contributed by atoms with Crippen LogP contribution in [0.1, 0.15) is 50.2 Å². The molecule has 11 rings (SSSR count). The van der Waals surface area contributed by atoms with Crippen LogP contribution < -0.4 is 10.6 Å². The molecule has 0 saturated heterocycles. The number of carbonyl (C=O) groups is 1. The van der Waals surface area contributed by atoms with Gasteiger partial charge in [0.2, 0.25) is 0 Å². The van der Waals surface area contributed by atoms with Crippen molar-refractivity contribution in [2.75, 3.05) is 17.7 Å². The molecule has 2 N–H and O–H groups in total. The standard InChI is InChI=1S/C25H19NS.C24H17NO2S.2CH4/c1-25(2)18-12-6-7-13-19(18)26-23-22(25)16-10-4-3-9-15(16)21-17-11-5-8-14-20(17)27-24(21)23;1-27-24(26)17-10-4-6-12-19(17)25-20-14-15-8-2-3-9-16(15)22-18-11-5-7-13-21(18)28-23(20)22;;/h3-14,26H,1-2H3;2-14,25H,1H3;2*1H4. The summed E-state index contributed by atoms with van der Waals surface area (Å²) in [5.41, 5.74) is 7.49. The van der Waals surface area contributed by atoms with E-state index in [9.17, 15) is 4.79 Å². The number of methoxy groups -OCH3 is 1. The molecule has 0 spiro atoms. The molecule has 1 aliphatic rings. The zero-order chi connectivity index (χ0) is 37.3. The highest BCUT2D eigenvalue weighted by Crippen LogP contribution is 2.54. The van der Waals surface area contributed by atoms with Crippen molar-refractivity contribution in [2.45, 2.75) is 34.1 Å². The van der Waals surface area contributed by atoms with E-state index in [1.165, 1.54) is 86.1 Å². The summed E-state index contributed by atoms with van der Waals surface area (Å²) in [7, 11) is 1.40. The zero-order valence-corrected chi connectivity index (χ0v) is 32.2. The minimum atomic E-state index is -0.350. The van der Waals surface area contributed by atoms with Gasteiger partial charge >= 0.3 is 5.97 Å². The molecule has 0 atom stereocenters. The third kappa shape index (κ3) is 5.99. The van der Waals surface area contributed by atoms with E-state index >= 15 is 0 Å². The third-order valence-corrected chi connectivity index (χ3v) is 13.4. The Bertz CT molecular complexity index is 3160. The van der Waals surface area contributed by atoms with E-state index in [4.69, 9.17) is 4.74 Å². The van der Waals surface area contributed by atoms with Gasteiger partial charge in [-0.25, -0.2) is 4.79 Å². The molecule has 2 aromatic heterocycles. The summed E-state index contributed by atoms with van der Waals surface area (Å²) in [4.78, 5) is 12.2. The molecule has 0 aliphatic carbocycles. The number of esters is 1. The Morgan fingerprint density at radius 2 is 1.14 bits per heavy atom. The first-order valence-corrected chi connectivity index (χ1v) is 20.1. The summed E-state index contributed by atoms with van der Waals surface area (Å²) in [6.07, 6.45) is 0. The topological polar surface area (TPSA) is 50.4 Å². The quantitative estimate of drug-likeness (QED) is 0.175. The summed E-state index contributed by atoms with van der Waals surface area (Å²) in [6, 6.07) is 52.9. The molecule has 0 amide bonds. The van der Waals surface area contributed by atoms with E-state index in [0.29, 0.717) is 5.56 Å². The minimum absolute atomic E-state index is 0. The van der Waals surface area contributed by atoms with Gasteiger partial charge < -0.3 is 15.4 Å². The van der Waals surface area contributed by atoms with Crippen molar-refractivity contribution in [3.8, 4) is 0 Å². The highest BCUT2D eigenvalue weighted by molar-refractivity contribution is 7.27. The van der Waals surface area contributed by atoms with Crippen LogP contribution >= 0.6 is 22.7 Å². The summed E-state index contributed by atoms with van der Waals surface area (Å²) in [5, 5.41) is 17.7. The lowest BCUT2D eigenvalue weighted by Crippen LogP contribution is -2.26. The number of benzene rings is 8. The molecular weight excluding hydrogens is 737 g/mol. The maximum absolute atomic E-state index is 12.2. The van der Waals surface area contributed by atoms with Crippen LogP contribution in [0.15, 0.2) is 152 Å². The second-order valence-corrected chi connectivity index (χ2v) is 16.6. The lowest BCUT2D eigenvalue weighted by atomic mass is 9.72. The van der Waals surface area contributed by atoms with Gasteiger partial charge in [0.25, 0.3) is 0 Å². The number of rotatable bonds is 3. The Balaban J connectivity index is 0.000000154. The molecule has 0 radical (unpaired) electrons. The lowest BCUT2D eigenvalue weighted by molar-refractivity contribution is 0.0602. The monoisotopic (exact) mass is 780 g/mol. The van der Waals surface area contributed by atoms with Gasteiger partial charge in [0.1, 0.15) is 0 Å². The molecule has 0 saturated carbocycles. The fourth-order valence-electron chi connectivity index (χ4n) is 8.52. The molecule has 0 unspecified atom stereocenters. The number of fused-ring (bicyclic) bond motifs is 14. The Hall–Kier alpha value is -6.21. The predicted molar refractivity (Wildman–Crippen MR) is 250 cm³/mol. The predicted octanol–water partition coefficient (Wildman–Crippen LogP) is 15.6. The SMILES string of the molecule is C.C.CC1(C)c2ccccc2Nc2c1c1ccccc1c1c2sc2ccccc21.COC(=O)c1ccccc1Nc1cc2ccccc2c2c1sc1ccccc12. The van der Waals surface area contributed by atoms with E-state index in [2.05, 4.69) is 152 Å². The van der Waals surface area contributed by atoms with Crippen molar-refractivity contribution in [1.82, 2.24) is 0 Å². The van der Waals surface area contributed by atoms with Crippen molar-refractivity contribution in [3.63, 3.8) is 0 Å². The molecule has 57 heavy (non-hydrogen) atoms. The lowest BCUT2D eigenvalue weighted by Gasteiger charge is -2.37. The molecular formula is C51H44N2O2S2. The van der Waals surface area contributed by atoms with Crippen molar-refractivity contribution in [3.05, 3.63) is 168 Å². The third-order valence-electron chi connectivity index (χ3n) is 11.0. The molecule has 0 bridgehead atoms. The Kier molecular flexibility index (Phi) is 9.72. The first kappa shape index (κ1) is 37.7. The van der Waals surface area contributed by atoms with Crippen molar-refractivity contribution in [1.29, 1.82) is 0 Å². The molecule has 4 nitrogen and oxygen atoms in total. The summed E-state index contributed by atoms with van der Waals surface area (Å²) >= 11 is 3.67. The molecule has 1 aliphatic heterocycles. The molecule has 6 heteroatoms. The van der Waals surface area contributed by atoms with Gasteiger partial charge in [0, 0.05) is 42.0 Å². The average Bonchev–Trinajstić information content (AvgIpc) is 3.81. The van der Waals surface area contributed by atoms with Crippen LogP contribution in [-0.4, -0.2) is 13.1 Å². The highest BCUT2D eigenvalue weighted by atomic mass is 32.1. The maximum atomic E-state index is 12.2. The number of anilines is 4. The van der Waals surface area contributed by atoms with Crippen LogP contribution in [0.3, 0.4) is 0 Å². The minimum Gasteiger partial charge on any atom is -0.465 e. The van der Waals surface area contributed by atoms with Crippen LogP contribution in [0, 0.1) is 0 Å². The molecule has 10 aromatic rings. The highest BCUT2D eigenvalue weighted by Gasteiger charge is 2.36. The Morgan fingerprint density at radius 3 is 1.86 bits per heavy atom. The number of para-hydroxylation sites is 2. The fraction of sp³-hybridized carbons (Fsp3) is 0.118. The van der Waals surface area contributed by atoms with Gasteiger partial charge in [-0.1, -0.05) is 144 Å². The summed E-state index contributed by atoms with van der Waals surface area (Å²) in [5.74, 6) is -0.350. The summed E-state index contributed by atoms with van der Waals surface area (Å²) in [6.45, 7) is 4.72. The van der Waals surface area contributed by atoms with Crippen molar-refractivity contribution >= 4 is 113 Å². The largest absolute Gasteiger partial charge is 0.465 e. The smallest absolute Gasteiger partial charge is 0.339 e. The fourth-order valence-corrected chi connectivity index (χ4v) is 10.9. The van der Waals surface area contributed by atoms with Gasteiger partial charge in [-0.05, 0) is 69.1 Å². The van der Waals surface area contributed by atoms with Crippen LogP contribution in [-0.2, 0) is 10.2 Å². The maximum Gasteiger partial charge on any atom is 0.339 e. The van der Waals surface area contributed by atoms with Crippen molar-refractivity contribution < 1.29 is 9.53 Å². The zero-order valence-electron chi connectivity index (χ0n) is 30.6. The van der Waals surface area contributed by atoms with Crippen LogP contribution in [0.2, 0.25) is 0 Å². The van der Waals surface area contributed by atoms with Gasteiger partial charge in [0.15, 0.2) is 0 Å². The number of ether oxygens (including phenoxy) is 1. The second-order valence-electron chi connectivity index (χ2n) is 14.5. The van der Waals surface area contributed by atoms with Gasteiger partial charge in [-0.3, -0.25) is 0 Å². The van der Waals surface area contributed by atoms with Gasteiger partial charge in [0.05, 0.1) is 39.1 Å². The Morgan fingerprint density at radius 1 is 0.596 bits per heavy atom. The van der Waals surface area contributed by atoms with E-state index in [1.807, 2.05) is 29.5 Å². The Labute approximate surface area is 341 Å². The van der Waals surface area contributed by atoms with Crippen molar-refractivity contribution in [2.24, 2.45) is 0 Å². The van der Waals surface area contributed by atoms with Gasteiger partial charge in [-0.15, -0.1) is 22.7 Å². The first-order valence-electron chi connectivity index (χ1n) is 18.4. The molecule has 0 fully saturated rings. The van der Waals surface area contributed by atoms with E-state index < -0.39 is 0 Å². The molecule has 3 heterocycles. The van der Waals surface area contributed by atoms with Crippen LogP contribution in [0.5, 0.6) is 0 Å². The number of nitrogens with one attached hydrogen (secondary N) is 2. The van der Waals surface area contributed by atoms with E-state index in [1.54, 1.807) is 17.4 Å². The molecule has 8 aromatic carbocycles. The van der Waals surface area contributed by atoms with E-state index in [0.717, 1.165) is 16.8 Å². The number of hydrogen-bond donors (Lipinski definition) is 2. The normalized spacial score (nSPS) is 12.5. The van der Waals surface area contributed by atoms with E-state index in [-0.39, 0.29) is 26.2 Å². The average molecular weight is 781 g/mol. The number of thiophene rings is 2. The first-order chi connectivity index (χ1) is 26.9. The number of hydrogen-bond acceptors (Lipinski definition) is 6. The second kappa shape index (κ2) is 14.7. The van der Waals surface area contributed by atoms with Crippen LogP contribution in [0.4, 0.5) is 22.7 Å². The van der Waals surface area contributed by atoms with Crippen LogP contribution in [0.25, 0.3) is 61.9 Å². The summed E-state index contributed by atoms with van der Waals surface area (Å²) < 4.78 is 10.1. The molecule has 282 valence electrons. The van der Waals surface area contributed by atoms with Gasteiger partial charge in [-0.2, -0.15) is 0 Å².